The van der Waals surface area contributed by atoms with Crippen LogP contribution in [0.2, 0.25) is 0 Å². The summed E-state index contributed by atoms with van der Waals surface area (Å²) in [5.41, 5.74) is 1.87. The minimum atomic E-state index is -0.0807. The first-order valence-electron chi connectivity index (χ1n) is 7.30. The molecule has 0 N–H and O–H groups in total. The summed E-state index contributed by atoms with van der Waals surface area (Å²) in [6.07, 6.45) is 7.92. The van der Waals surface area contributed by atoms with Crippen LogP contribution in [0.4, 0.5) is 0 Å². The summed E-state index contributed by atoms with van der Waals surface area (Å²) in [5, 5.41) is 4.13. The quantitative estimate of drug-likeness (QED) is 0.751. The number of aromatic nitrogens is 1. The zero-order valence-corrected chi connectivity index (χ0v) is 11.9. The van der Waals surface area contributed by atoms with Crippen LogP contribution >= 0.6 is 0 Å². The average molecular weight is 285 g/mol. The van der Waals surface area contributed by atoms with Gasteiger partial charge in [0.15, 0.2) is 6.10 Å². The summed E-state index contributed by atoms with van der Waals surface area (Å²) in [5.74, 6) is 0.429. The Morgan fingerprint density at radius 2 is 2.38 bits per heavy atom. The molecule has 0 saturated heterocycles. The van der Waals surface area contributed by atoms with E-state index < -0.39 is 0 Å². The fraction of sp³-hybridized carbons (Fsp3) is 0.438. The topological polar surface area (TPSA) is 54.8 Å². The highest BCUT2D eigenvalue weighted by Crippen LogP contribution is 2.31. The van der Waals surface area contributed by atoms with E-state index in [0.717, 1.165) is 24.1 Å². The van der Waals surface area contributed by atoms with Gasteiger partial charge >= 0.3 is 0 Å². The molecule has 0 aromatic carbocycles. The van der Waals surface area contributed by atoms with Crippen molar-refractivity contribution in [3.05, 3.63) is 42.7 Å². The number of oxime groups is 1. The zero-order valence-electron chi connectivity index (χ0n) is 11.9. The van der Waals surface area contributed by atoms with E-state index in [4.69, 9.17) is 4.84 Å². The van der Waals surface area contributed by atoms with Gasteiger partial charge in [0.1, 0.15) is 0 Å². The standard InChI is InChI=1S/C16H19N3O2/c1-2-8-19(16(20)12-5-6-12)11-14-9-15(18-21-14)13-4-3-7-17-10-13/h2-4,7,10,12,14H,1,5-6,8-9,11H2/t14-/m0/s1. The number of nitrogens with zero attached hydrogens (tertiary/aromatic N) is 3. The maximum absolute atomic E-state index is 12.2. The fourth-order valence-electron chi connectivity index (χ4n) is 2.47. The predicted molar refractivity (Wildman–Crippen MR) is 79.8 cm³/mol. The Kier molecular flexibility index (Phi) is 3.99. The van der Waals surface area contributed by atoms with Gasteiger partial charge in [-0.3, -0.25) is 9.78 Å². The lowest BCUT2D eigenvalue weighted by molar-refractivity contribution is -0.133. The Hall–Kier alpha value is -2.17. The number of carbonyl (C=O) groups excluding carboxylic acids is 1. The number of amides is 1. The van der Waals surface area contributed by atoms with Crippen molar-refractivity contribution in [2.75, 3.05) is 13.1 Å². The van der Waals surface area contributed by atoms with Crippen LogP contribution in [0.25, 0.3) is 0 Å². The number of pyridine rings is 1. The first-order chi connectivity index (χ1) is 10.3. The Morgan fingerprint density at radius 3 is 3.05 bits per heavy atom. The molecule has 1 aromatic rings. The largest absolute Gasteiger partial charge is 0.390 e. The Bertz CT molecular complexity index is 552. The molecule has 0 spiro atoms. The van der Waals surface area contributed by atoms with E-state index in [1.165, 1.54) is 0 Å². The molecule has 1 saturated carbocycles. The summed E-state index contributed by atoms with van der Waals surface area (Å²) in [7, 11) is 0. The van der Waals surface area contributed by atoms with E-state index >= 15 is 0 Å². The van der Waals surface area contributed by atoms with E-state index in [1.54, 1.807) is 18.5 Å². The predicted octanol–water partition coefficient (Wildman–Crippen LogP) is 2.00. The summed E-state index contributed by atoms with van der Waals surface area (Å²) >= 11 is 0. The minimum Gasteiger partial charge on any atom is -0.390 e. The van der Waals surface area contributed by atoms with Crippen molar-refractivity contribution in [2.45, 2.75) is 25.4 Å². The number of rotatable bonds is 6. The zero-order chi connectivity index (χ0) is 14.7. The van der Waals surface area contributed by atoms with Gasteiger partial charge in [0, 0.05) is 36.8 Å². The molecule has 21 heavy (non-hydrogen) atoms. The lowest BCUT2D eigenvalue weighted by Crippen LogP contribution is -2.38. The fourth-order valence-corrected chi connectivity index (χ4v) is 2.47. The van der Waals surface area contributed by atoms with Gasteiger partial charge in [-0.05, 0) is 25.0 Å². The molecule has 2 heterocycles. The molecule has 1 aliphatic carbocycles. The normalized spacial score (nSPS) is 20.6. The molecular formula is C16H19N3O2. The summed E-state index contributed by atoms with van der Waals surface area (Å²) in [6, 6.07) is 3.85. The maximum Gasteiger partial charge on any atom is 0.226 e. The van der Waals surface area contributed by atoms with E-state index in [2.05, 4.69) is 16.7 Å². The highest BCUT2D eigenvalue weighted by molar-refractivity contribution is 6.01. The number of carbonyl (C=O) groups is 1. The van der Waals surface area contributed by atoms with Crippen molar-refractivity contribution in [2.24, 2.45) is 11.1 Å². The van der Waals surface area contributed by atoms with Crippen LogP contribution in [0.3, 0.4) is 0 Å². The maximum atomic E-state index is 12.2. The molecule has 0 radical (unpaired) electrons. The van der Waals surface area contributed by atoms with Crippen LogP contribution < -0.4 is 0 Å². The third kappa shape index (κ3) is 3.29. The van der Waals surface area contributed by atoms with Crippen LogP contribution in [-0.4, -0.2) is 40.7 Å². The molecule has 1 atom stereocenters. The minimum absolute atomic E-state index is 0.0807. The van der Waals surface area contributed by atoms with Crippen LogP contribution in [0, 0.1) is 5.92 Å². The van der Waals surface area contributed by atoms with E-state index in [0.29, 0.717) is 19.5 Å². The smallest absolute Gasteiger partial charge is 0.226 e. The van der Waals surface area contributed by atoms with Gasteiger partial charge in [0.05, 0.1) is 12.3 Å². The van der Waals surface area contributed by atoms with Crippen LogP contribution in [0.15, 0.2) is 42.3 Å². The van der Waals surface area contributed by atoms with Gasteiger partial charge in [-0.15, -0.1) is 6.58 Å². The van der Waals surface area contributed by atoms with Crippen molar-refractivity contribution >= 4 is 11.6 Å². The first kappa shape index (κ1) is 13.8. The van der Waals surface area contributed by atoms with Crippen molar-refractivity contribution in [3.63, 3.8) is 0 Å². The second kappa shape index (κ2) is 6.08. The number of hydrogen-bond acceptors (Lipinski definition) is 4. The third-order valence-electron chi connectivity index (χ3n) is 3.74. The molecule has 0 unspecified atom stereocenters. The average Bonchev–Trinajstić information content (AvgIpc) is 3.26. The highest BCUT2D eigenvalue weighted by Gasteiger charge is 2.35. The van der Waals surface area contributed by atoms with E-state index in [-0.39, 0.29) is 17.9 Å². The molecule has 3 rings (SSSR count). The molecular weight excluding hydrogens is 266 g/mol. The Labute approximate surface area is 124 Å². The van der Waals surface area contributed by atoms with E-state index in [9.17, 15) is 4.79 Å². The lowest BCUT2D eigenvalue weighted by Gasteiger charge is -2.23. The van der Waals surface area contributed by atoms with Gasteiger partial charge in [-0.2, -0.15) is 0 Å². The molecule has 2 aliphatic rings. The van der Waals surface area contributed by atoms with Gasteiger partial charge in [-0.1, -0.05) is 11.2 Å². The second-order valence-corrected chi connectivity index (χ2v) is 5.52. The molecule has 110 valence electrons. The number of hydrogen-bond donors (Lipinski definition) is 0. The molecule has 5 nitrogen and oxygen atoms in total. The molecule has 1 amide bonds. The van der Waals surface area contributed by atoms with Gasteiger partial charge in [0.25, 0.3) is 0 Å². The molecule has 1 fully saturated rings. The summed E-state index contributed by atoms with van der Waals surface area (Å²) in [6.45, 7) is 4.86. The molecule has 1 aromatic heterocycles. The summed E-state index contributed by atoms with van der Waals surface area (Å²) in [4.78, 5) is 23.6. The van der Waals surface area contributed by atoms with Gasteiger partial charge in [-0.25, -0.2) is 0 Å². The molecule has 1 aliphatic heterocycles. The lowest BCUT2D eigenvalue weighted by atomic mass is 10.1. The van der Waals surface area contributed by atoms with Crippen LogP contribution in [-0.2, 0) is 9.63 Å². The van der Waals surface area contributed by atoms with E-state index in [1.807, 2.05) is 17.0 Å². The summed E-state index contributed by atoms with van der Waals surface area (Å²) < 4.78 is 0. The van der Waals surface area contributed by atoms with Crippen molar-refractivity contribution < 1.29 is 9.63 Å². The van der Waals surface area contributed by atoms with Crippen molar-refractivity contribution in [3.8, 4) is 0 Å². The second-order valence-electron chi connectivity index (χ2n) is 5.52. The SMILES string of the molecule is C=CCN(C[C@@H]1CC(c2cccnc2)=NO1)C(=O)C1CC1. The highest BCUT2D eigenvalue weighted by atomic mass is 16.6. The molecule has 0 bridgehead atoms. The monoisotopic (exact) mass is 285 g/mol. The van der Waals surface area contributed by atoms with Crippen molar-refractivity contribution in [1.29, 1.82) is 0 Å². The molecule has 5 heteroatoms. The third-order valence-corrected chi connectivity index (χ3v) is 3.74. The van der Waals surface area contributed by atoms with Crippen LogP contribution in [0.5, 0.6) is 0 Å². The Balaban J connectivity index is 1.59. The Morgan fingerprint density at radius 1 is 1.52 bits per heavy atom. The first-order valence-corrected chi connectivity index (χ1v) is 7.30. The van der Waals surface area contributed by atoms with Gasteiger partial charge < -0.3 is 9.74 Å². The van der Waals surface area contributed by atoms with Crippen LogP contribution in [0.1, 0.15) is 24.8 Å². The van der Waals surface area contributed by atoms with Gasteiger partial charge in [0.2, 0.25) is 5.91 Å². The van der Waals surface area contributed by atoms with Crippen molar-refractivity contribution in [1.82, 2.24) is 9.88 Å².